The van der Waals surface area contributed by atoms with Gasteiger partial charge in [0.05, 0.1) is 26.8 Å². The average Bonchev–Trinajstić information content (AvgIpc) is 3.02. The largest absolute Gasteiger partial charge is 0.508 e. The van der Waals surface area contributed by atoms with Crippen molar-refractivity contribution in [1.29, 1.82) is 0 Å². The minimum atomic E-state index is 0.109. The summed E-state index contributed by atoms with van der Waals surface area (Å²) >= 11 is 19.1. The van der Waals surface area contributed by atoms with E-state index in [2.05, 4.69) is 17.5 Å². The number of phenolic OH excluding ortho intramolecular Hbond substituents is 1. The smallest absolute Gasteiger partial charge is 0.115 e. The number of halogens is 3. The van der Waals surface area contributed by atoms with Gasteiger partial charge in [0.15, 0.2) is 0 Å². The molecule has 2 nitrogen and oxygen atoms in total. The van der Waals surface area contributed by atoms with Crippen LogP contribution in [0.1, 0.15) is 29.5 Å². The van der Waals surface area contributed by atoms with Gasteiger partial charge in [-0.15, -0.1) is 0 Å². The van der Waals surface area contributed by atoms with E-state index in [0.29, 0.717) is 21.0 Å². The number of aromatic hydroxyl groups is 1. The molecular formula is C18H14Cl3NO. The molecule has 0 saturated carbocycles. The molecular weight excluding hydrogens is 353 g/mol. The third kappa shape index (κ3) is 2.40. The predicted octanol–water partition coefficient (Wildman–Crippen LogP) is 6.18. The Hall–Kier alpha value is -1.35. The minimum Gasteiger partial charge on any atom is -0.508 e. The Morgan fingerprint density at radius 3 is 2.52 bits per heavy atom. The molecule has 4 rings (SSSR count). The van der Waals surface area contributed by atoms with E-state index < -0.39 is 0 Å². The molecule has 0 spiro atoms. The maximum atomic E-state index is 9.53. The number of anilines is 1. The Morgan fingerprint density at radius 1 is 1.04 bits per heavy atom. The van der Waals surface area contributed by atoms with Crippen LogP contribution in [0.2, 0.25) is 15.1 Å². The number of hydrogen-bond acceptors (Lipinski definition) is 2. The Labute approximate surface area is 149 Å². The number of fused-ring (bicyclic) bond motifs is 3. The number of rotatable bonds is 1. The summed E-state index contributed by atoms with van der Waals surface area (Å²) in [6.07, 6.45) is 5.34. The third-order valence-electron chi connectivity index (χ3n) is 4.73. The van der Waals surface area contributed by atoms with E-state index in [1.165, 1.54) is 0 Å². The van der Waals surface area contributed by atoms with E-state index >= 15 is 0 Å². The summed E-state index contributed by atoms with van der Waals surface area (Å²) in [5.41, 5.74) is 2.96. The van der Waals surface area contributed by atoms with Crippen LogP contribution in [0.5, 0.6) is 5.75 Å². The van der Waals surface area contributed by atoms with Crippen molar-refractivity contribution in [2.45, 2.75) is 18.4 Å². The average molecular weight is 367 g/mol. The highest BCUT2D eigenvalue weighted by atomic mass is 35.5. The number of phenols is 1. The van der Waals surface area contributed by atoms with Crippen LogP contribution in [0.3, 0.4) is 0 Å². The van der Waals surface area contributed by atoms with Gasteiger partial charge in [0.1, 0.15) is 5.75 Å². The fourth-order valence-corrected chi connectivity index (χ4v) is 4.48. The molecule has 23 heavy (non-hydrogen) atoms. The van der Waals surface area contributed by atoms with Crippen LogP contribution in [0.25, 0.3) is 0 Å². The Bertz CT molecular complexity index is 801. The van der Waals surface area contributed by atoms with E-state index in [9.17, 15) is 5.11 Å². The summed E-state index contributed by atoms with van der Waals surface area (Å²) < 4.78 is 0. The van der Waals surface area contributed by atoms with Crippen molar-refractivity contribution < 1.29 is 5.11 Å². The molecule has 2 N–H and O–H groups in total. The fourth-order valence-electron chi connectivity index (χ4n) is 3.67. The fraction of sp³-hybridized carbons (Fsp3) is 0.222. The summed E-state index contributed by atoms with van der Waals surface area (Å²) in [7, 11) is 0. The molecule has 3 unspecified atom stereocenters. The van der Waals surface area contributed by atoms with Crippen molar-refractivity contribution in [2.75, 3.05) is 5.32 Å². The molecule has 118 valence electrons. The van der Waals surface area contributed by atoms with Crippen molar-refractivity contribution in [2.24, 2.45) is 5.92 Å². The summed E-state index contributed by atoms with van der Waals surface area (Å²) in [5, 5.41) is 14.7. The molecule has 2 aromatic carbocycles. The third-order valence-corrected chi connectivity index (χ3v) is 5.83. The van der Waals surface area contributed by atoms with E-state index in [1.807, 2.05) is 12.1 Å². The van der Waals surface area contributed by atoms with Crippen molar-refractivity contribution in [1.82, 2.24) is 0 Å². The van der Waals surface area contributed by atoms with E-state index in [1.54, 1.807) is 18.2 Å². The van der Waals surface area contributed by atoms with Crippen LogP contribution in [0.15, 0.2) is 42.5 Å². The molecule has 5 heteroatoms. The lowest BCUT2D eigenvalue weighted by Crippen LogP contribution is -2.29. The van der Waals surface area contributed by atoms with Crippen molar-refractivity contribution >= 4 is 40.5 Å². The van der Waals surface area contributed by atoms with Gasteiger partial charge in [0.25, 0.3) is 0 Å². The first-order valence-electron chi connectivity index (χ1n) is 7.46. The van der Waals surface area contributed by atoms with Gasteiger partial charge in [-0.3, -0.25) is 0 Å². The zero-order chi connectivity index (χ0) is 16.1. The monoisotopic (exact) mass is 365 g/mol. The molecule has 1 aliphatic carbocycles. The highest BCUT2D eigenvalue weighted by Crippen LogP contribution is 2.54. The number of allylic oxidation sites excluding steroid dienone is 2. The molecule has 2 aromatic rings. The number of benzene rings is 2. The summed E-state index contributed by atoms with van der Waals surface area (Å²) in [6, 6.07) is 9.10. The second kappa shape index (κ2) is 5.62. The summed E-state index contributed by atoms with van der Waals surface area (Å²) in [4.78, 5) is 0. The molecule has 3 atom stereocenters. The van der Waals surface area contributed by atoms with Crippen LogP contribution in [-0.2, 0) is 0 Å². The molecule has 0 fully saturated rings. The van der Waals surface area contributed by atoms with Crippen LogP contribution in [-0.4, -0.2) is 5.11 Å². The Kier molecular flexibility index (Phi) is 3.72. The highest BCUT2D eigenvalue weighted by Gasteiger charge is 2.40. The zero-order valence-corrected chi connectivity index (χ0v) is 14.3. The van der Waals surface area contributed by atoms with Gasteiger partial charge in [-0.25, -0.2) is 0 Å². The Morgan fingerprint density at radius 2 is 1.78 bits per heavy atom. The van der Waals surface area contributed by atoms with Gasteiger partial charge in [-0.05, 0) is 36.1 Å². The molecule has 0 saturated heterocycles. The van der Waals surface area contributed by atoms with Gasteiger partial charge in [0, 0.05) is 11.5 Å². The van der Waals surface area contributed by atoms with Gasteiger partial charge in [-0.2, -0.15) is 0 Å². The van der Waals surface area contributed by atoms with Gasteiger partial charge in [-0.1, -0.05) is 59.1 Å². The second-order valence-electron chi connectivity index (χ2n) is 6.01. The number of nitrogens with one attached hydrogen (secondary N) is 1. The molecule has 0 amide bonds. The minimum absolute atomic E-state index is 0.109. The first kappa shape index (κ1) is 15.2. The normalized spacial score (nSPS) is 24.9. The van der Waals surface area contributed by atoms with Crippen molar-refractivity contribution in [3.05, 3.63) is 68.7 Å². The first-order chi connectivity index (χ1) is 11.1. The Balaban J connectivity index is 1.86. The van der Waals surface area contributed by atoms with E-state index in [-0.39, 0.29) is 17.7 Å². The van der Waals surface area contributed by atoms with Crippen LogP contribution in [0, 0.1) is 5.92 Å². The molecule has 0 radical (unpaired) electrons. The van der Waals surface area contributed by atoms with Crippen LogP contribution in [0.4, 0.5) is 5.69 Å². The van der Waals surface area contributed by atoms with Gasteiger partial charge in [0.2, 0.25) is 0 Å². The molecule has 1 aliphatic heterocycles. The zero-order valence-electron chi connectivity index (χ0n) is 12.1. The van der Waals surface area contributed by atoms with Gasteiger partial charge < -0.3 is 10.4 Å². The van der Waals surface area contributed by atoms with E-state index in [4.69, 9.17) is 34.8 Å². The topological polar surface area (TPSA) is 32.3 Å². The SMILES string of the molecule is Oc1ccc(C2Nc3c(Cl)cc(Cl)c(Cl)c3C3C=CCC32)cc1. The number of hydrogen-bond donors (Lipinski definition) is 2. The van der Waals surface area contributed by atoms with Crippen molar-refractivity contribution in [3.8, 4) is 5.75 Å². The molecule has 0 bridgehead atoms. The maximum absolute atomic E-state index is 9.53. The summed E-state index contributed by atoms with van der Waals surface area (Å²) in [5.74, 6) is 0.798. The first-order valence-corrected chi connectivity index (χ1v) is 8.59. The van der Waals surface area contributed by atoms with Crippen molar-refractivity contribution in [3.63, 3.8) is 0 Å². The predicted molar refractivity (Wildman–Crippen MR) is 95.9 cm³/mol. The van der Waals surface area contributed by atoms with Crippen LogP contribution >= 0.6 is 34.8 Å². The summed E-state index contributed by atoms with van der Waals surface area (Å²) in [6.45, 7) is 0. The lowest BCUT2D eigenvalue weighted by molar-refractivity contribution is 0.424. The lowest BCUT2D eigenvalue weighted by atomic mass is 9.77. The highest BCUT2D eigenvalue weighted by molar-refractivity contribution is 6.44. The van der Waals surface area contributed by atoms with Gasteiger partial charge >= 0.3 is 0 Å². The second-order valence-corrected chi connectivity index (χ2v) is 7.20. The molecule has 1 heterocycles. The maximum Gasteiger partial charge on any atom is 0.115 e. The van der Waals surface area contributed by atoms with Crippen LogP contribution < -0.4 is 5.32 Å². The lowest BCUT2D eigenvalue weighted by Gasteiger charge is -2.38. The van der Waals surface area contributed by atoms with E-state index in [0.717, 1.165) is 23.2 Å². The molecule has 2 aliphatic rings. The molecule has 0 aromatic heterocycles. The quantitative estimate of drug-likeness (QED) is 0.466. The standard InChI is InChI=1S/C18H14Cl3NO/c19-13-8-14(20)18-15(16(13)21)11-2-1-3-12(11)17(22-18)9-4-6-10(23)7-5-9/h1-2,4-8,11-12,17,22-23H,3H2.